The molecule has 1 saturated carbocycles. The summed E-state index contributed by atoms with van der Waals surface area (Å²) in [7, 11) is 0. The van der Waals surface area contributed by atoms with Crippen LogP contribution in [0.5, 0.6) is 0 Å². The minimum Gasteiger partial charge on any atom is -0.354 e. The van der Waals surface area contributed by atoms with Crippen molar-refractivity contribution in [3.8, 4) is 0 Å². The third-order valence-electron chi connectivity index (χ3n) is 4.32. The zero-order chi connectivity index (χ0) is 13.9. The van der Waals surface area contributed by atoms with E-state index in [9.17, 15) is 4.79 Å². The number of carbonyl (C=O) groups excluding carboxylic acids is 1. The summed E-state index contributed by atoms with van der Waals surface area (Å²) in [5.74, 6) is 0.509. The topological polar surface area (TPSA) is 59.0 Å². The van der Waals surface area contributed by atoms with Crippen LogP contribution in [-0.4, -0.2) is 28.0 Å². The number of imidazole rings is 1. The Bertz CT molecular complexity index is 466. The second-order valence-electron chi connectivity index (χ2n) is 6.13. The molecule has 0 bridgehead atoms. The molecule has 2 atom stereocenters. The van der Waals surface area contributed by atoms with E-state index >= 15 is 0 Å². The van der Waals surface area contributed by atoms with Crippen molar-refractivity contribution < 1.29 is 4.79 Å². The molecular formula is C15H24N4O. The van der Waals surface area contributed by atoms with Gasteiger partial charge in [0.05, 0.1) is 12.0 Å². The number of amides is 1. The maximum Gasteiger partial charge on any atom is 0.223 e. The molecule has 1 saturated heterocycles. The van der Waals surface area contributed by atoms with Gasteiger partial charge in [0, 0.05) is 37.3 Å². The number of aromatic nitrogens is 2. The maximum atomic E-state index is 11.6. The Morgan fingerprint density at radius 3 is 3.05 bits per heavy atom. The SMILES string of the molecule is CC1CCCC(c2cncn2CCNC(=O)C2CC2)N1. The van der Waals surface area contributed by atoms with Gasteiger partial charge in [-0.1, -0.05) is 0 Å². The standard InChI is InChI=1S/C15H24N4O/c1-11-3-2-4-13(18-11)14-9-16-10-19(14)8-7-17-15(20)12-5-6-12/h9-13,18H,2-8H2,1H3,(H,17,20). The predicted octanol–water partition coefficient (Wildman–Crippen LogP) is 1.61. The molecule has 5 nitrogen and oxygen atoms in total. The molecule has 2 fully saturated rings. The lowest BCUT2D eigenvalue weighted by molar-refractivity contribution is -0.122. The minimum absolute atomic E-state index is 0.219. The quantitative estimate of drug-likeness (QED) is 0.859. The first-order chi connectivity index (χ1) is 9.74. The largest absolute Gasteiger partial charge is 0.354 e. The highest BCUT2D eigenvalue weighted by atomic mass is 16.2. The molecule has 0 aromatic carbocycles. The fourth-order valence-corrected chi connectivity index (χ4v) is 2.97. The van der Waals surface area contributed by atoms with Crippen LogP contribution in [0.25, 0.3) is 0 Å². The lowest BCUT2D eigenvalue weighted by Gasteiger charge is -2.29. The predicted molar refractivity (Wildman–Crippen MR) is 77.2 cm³/mol. The maximum absolute atomic E-state index is 11.6. The van der Waals surface area contributed by atoms with E-state index in [4.69, 9.17) is 0 Å². The molecule has 0 spiro atoms. The van der Waals surface area contributed by atoms with Gasteiger partial charge < -0.3 is 15.2 Å². The van der Waals surface area contributed by atoms with Crippen LogP contribution < -0.4 is 10.6 Å². The molecule has 2 N–H and O–H groups in total. The first-order valence-electron chi connectivity index (χ1n) is 7.78. The summed E-state index contributed by atoms with van der Waals surface area (Å²) in [5, 5.41) is 6.65. The van der Waals surface area contributed by atoms with Crippen LogP contribution in [0.15, 0.2) is 12.5 Å². The molecule has 2 aliphatic rings. The Labute approximate surface area is 120 Å². The molecule has 1 aliphatic heterocycles. The van der Waals surface area contributed by atoms with Gasteiger partial charge in [0.2, 0.25) is 5.91 Å². The molecule has 1 aromatic heterocycles. The summed E-state index contributed by atoms with van der Waals surface area (Å²) in [6, 6.07) is 0.979. The van der Waals surface area contributed by atoms with Crippen LogP contribution in [0, 0.1) is 5.92 Å². The lowest BCUT2D eigenvalue weighted by atomic mass is 9.97. The van der Waals surface area contributed by atoms with Gasteiger partial charge >= 0.3 is 0 Å². The number of carbonyl (C=O) groups is 1. The van der Waals surface area contributed by atoms with Crippen molar-refractivity contribution in [2.24, 2.45) is 5.92 Å². The summed E-state index contributed by atoms with van der Waals surface area (Å²) in [4.78, 5) is 15.9. The van der Waals surface area contributed by atoms with Crippen molar-refractivity contribution in [2.45, 2.75) is 57.7 Å². The van der Waals surface area contributed by atoms with Gasteiger partial charge in [0.25, 0.3) is 0 Å². The molecule has 2 heterocycles. The monoisotopic (exact) mass is 276 g/mol. The van der Waals surface area contributed by atoms with Crippen LogP contribution in [-0.2, 0) is 11.3 Å². The van der Waals surface area contributed by atoms with Gasteiger partial charge in [-0.25, -0.2) is 4.98 Å². The average molecular weight is 276 g/mol. The smallest absolute Gasteiger partial charge is 0.223 e. The van der Waals surface area contributed by atoms with Crippen LogP contribution in [0.2, 0.25) is 0 Å². The molecule has 1 aromatic rings. The average Bonchev–Trinajstić information content (AvgIpc) is 3.19. The molecule has 2 unspecified atom stereocenters. The van der Waals surface area contributed by atoms with Crippen molar-refractivity contribution in [2.75, 3.05) is 6.54 Å². The van der Waals surface area contributed by atoms with Gasteiger partial charge in [0.15, 0.2) is 0 Å². The first-order valence-corrected chi connectivity index (χ1v) is 7.78. The number of hydrogen-bond acceptors (Lipinski definition) is 3. The lowest BCUT2D eigenvalue weighted by Crippen LogP contribution is -2.36. The summed E-state index contributed by atoms with van der Waals surface area (Å²) >= 11 is 0. The highest BCUT2D eigenvalue weighted by molar-refractivity contribution is 5.80. The number of nitrogens with zero attached hydrogens (tertiary/aromatic N) is 2. The van der Waals surface area contributed by atoms with Crippen molar-refractivity contribution in [1.29, 1.82) is 0 Å². The Hall–Kier alpha value is -1.36. The highest BCUT2D eigenvalue weighted by Gasteiger charge is 2.29. The van der Waals surface area contributed by atoms with Crippen LogP contribution in [0.1, 0.15) is 50.8 Å². The summed E-state index contributed by atoms with van der Waals surface area (Å²) in [6.07, 6.45) is 9.64. The fourth-order valence-electron chi connectivity index (χ4n) is 2.97. The summed E-state index contributed by atoms with van der Waals surface area (Å²) in [6.45, 7) is 3.74. The van der Waals surface area contributed by atoms with E-state index in [0.717, 1.165) is 19.4 Å². The Morgan fingerprint density at radius 2 is 2.30 bits per heavy atom. The fraction of sp³-hybridized carbons (Fsp3) is 0.733. The van der Waals surface area contributed by atoms with Crippen molar-refractivity contribution >= 4 is 5.91 Å². The zero-order valence-electron chi connectivity index (χ0n) is 12.1. The first kappa shape index (κ1) is 13.6. The van der Waals surface area contributed by atoms with E-state index in [1.807, 2.05) is 12.5 Å². The second-order valence-corrected chi connectivity index (χ2v) is 6.13. The van der Waals surface area contributed by atoms with Gasteiger partial charge in [-0.15, -0.1) is 0 Å². The van der Waals surface area contributed by atoms with E-state index in [1.165, 1.54) is 25.0 Å². The van der Waals surface area contributed by atoms with E-state index < -0.39 is 0 Å². The normalized spacial score (nSPS) is 26.4. The van der Waals surface area contributed by atoms with Gasteiger partial charge in [-0.05, 0) is 39.0 Å². The van der Waals surface area contributed by atoms with Crippen LogP contribution in [0.3, 0.4) is 0 Å². The Kier molecular flexibility index (Phi) is 4.05. The molecule has 20 heavy (non-hydrogen) atoms. The van der Waals surface area contributed by atoms with Crippen molar-refractivity contribution in [3.63, 3.8) is 0 Å². The molecule has 110 valence electrons. The zero-order valence-corrected chi connectivity index (χ0v) is 12.1. The van der Waals surface area contributed by atoms with E-state index in [0.29, 0.717) is 18.6 Å². The molecule has 3 rings (SSSR count). The Balaban J connectivity index is 1.54. The number of rotatable bonds is 5. The van der Waals surface area contributed by atoms with Crippen molar-refractivity contribution in [3.05, 3.63) is 18.2 Å². The molecule has 1 amide bonds. The van der Waals surface area contributed by atoms with E-state index in [-0.39, 0.29) is 11.8 Å². The van der Waals surface area contributed by atoms with Crippen LogP contribution >= 0.6 is 0 Å². The molecule has 5 heteroatoms. The summed E-state index contributed by atoms with van der Waals surface area (Å²) < 4.78 is 2.17. The van der Waals surface area contributed by atoms with Gasteiger partial charge in [0.1, 0.15) is 0 Å². The number of nitrogens with one attached hydrogen (secondary N) is 2. The molecular weight excluding hydrogens is 252 g/mol. The van der Waals surface area contributed by atoms with Crippen molar-refractivity contribution in [1.82, 2.24) is 20.2 Å². The summed E-state index contributed by atoms with van der Waals surface area (Å²) in [5.41, 5.74) is 1.25. The minimum atomic E-state index is 0.219. The van der Waals surface area contributed by atoms with E-state index in [1.54, 1.807) is 0 Å². The number of piperidine rings is 1. The Morgan fingerprint density at radius 1 is 1.45 bits per heavy atom. The second kappa shape index (κ2) is 5.95. The third kappa shape index (κ3) is 3.20. The molecule has 0 radical (unpaired) electrons. The van der Waals surface area contributed by atoms with Crippen LogP contribution in [0.4, 0.5) is 0 Å². The number of hydrogen-bond donors (Lipinski definition) is 2. The van der Waals surface area contributed by atoms with E-state index in [2.05, 4.69) is 27.1 Å². The van der Waals surface area contributed by atoms with Gasteiger partial charge in [-0.2, -0.15) is 0 Å². The van der Waals surface area contributed by atoms with Gasteiger partial charge in [-0.3, -0.25) is 4.79 Å². The molecule has 1 aliphatic carbocycles. The third-order valence-corrected chi connectivity index (χ3v) is 4.32. The highest BCUT2D eigenvalue weighted by Crippen LogP contribution is 2.28.